The number of aliphatic hydroxyl groups is 1. The molecular weight excluding hydrogens is 1250 g/mol. The van der Waals surface area contributed by atoms with Gasteiger partial charge in [-0.2, -0.15) is 0 Å². The number of ether oxygens (including phenoxy) is 4. The van der Waals surface area contributed by atoms with Gasteiger partial charge >= 0.3 is 39.5 Å². The molecule has 2 unspecified atom stereocenters. The van der Waals surface area contributed by atoms with E-state index in [2.05, 4.69) is 48.5 Å². The molecule has 0 rings (SSSR count). The zero-order valence-corrected chi connectivity index (χ0v) is 63.9. The molecule has 0 aromatic carbocycles. The van der Waals surface area contributed by atoms with Crippen LogP contribution in [-0.4, -0.2) is 96.7 Å². The number of hydrogen-bond acceptors (Lipinski definition) is 15. The van der Waals surface area contributed by atoms with Crippen molar-refractivity contribution in [2.75, 3.05) is 39.6 Å². The van der Waals surface area contributed by atoms with Crippen molar-refractivity contribution in [3.05, 3.63) is 0 Å². The number of unbranched alkanes of at least 4 members (excludes halogenated alkanes) is 42. The lowest BCUT2D eigenvalue weighted by molar-refractivity contribution is -0.161. The summed E-state index contributed by atoms with van der Waals surface area (Å²) in [6.07, 6.45) is 52.6. The van der Waals surface area contributed by atoms with Crippen LogP contribution in [0.3, 0.4) is 0 Å². The Labute approximate surface area is 581 Å². The SMILES string of the molecule is CCCCCCCCCCCCCCC(=O)O[C@H](COC(=O)CCCCCCCCCCC(C)C)COP(=O)(O)OC[C@H](O)COP(=O)(O)OC[C@@H](COC(=O)CCCCCCCCCCCCCCC(C)C)OC(=O)CCCCCCCCCCCCCCCCC(C)C. The number of phosphoric ester groups is 2. The summed E-state index contributed by atoms with van der Waals surface area (Å²) in [5.74, 6) is 0.187. The summed E-state index contributed by atoms with van der Waals surface area (Å²) in [6, 6.07) is 0. The minimum atomic E-state index is -4.96. The standard InChI is InChI=1S/C76H148O17P2/c1-8-9-10-11-12-13-14-23-29-38-45-52-59-75(80)93-72(64-87-74(79)58-51-44-37-32-31-35-42-49-56-69(6)7)66-91-95(84,85)89-62-70(77)61-88-94(82,83)90-65-71(63-86-73(78)57-50-43-36-28-24-20-19-22-27-34-41-48-55-68(4)5)92-76(81)60-53-46-39-30-25-18-16-15-17-21-26-33-40-47-54-67(2)3/h67-72,77H,8-66H2,1-7H3,(H,82,83)(H,84,85)/t70-,71-,72-/m1/s1. The second-order valence-electron chi connectivity index (χ2n) is 28.8. The van der Waals surface area contributed by atoms with Gasteiger partial charge in [-0.05, 0) is 43.4 Å². The van der Waals surface area contributed by atoms with Gasteiger partial charge in [0, 0.05) is 25.7 Å². The summed E-state index contributed by atoms with van der Waals surface area (Å²) >= 11 is 0. The van der Waals surface area contributed by atoms with Gasteiger partial charge in [0.15, 0.2) is 12.2 Å². The molecule has 0 fully saturated rings. The normalized spacial score (nSPS) is 14.1. The van der Waals surface area contributed by atoms with Crippen molar-refractivity contribution < 1.29 is 80.2 Å². The van der Waals surface area contributed by atoms with Crippen molar-refractivity contribution >= 4 is 39.5 Å². The van der Waals surface area contributed by atoms with Crippen molar-refractivity contribution in [1.29, 1.82) is 0 Å². The molecule has 564 valence electrons. The topological polar surface area (TPSA) is 237 Å². The summed E-state index contributed by atoms with van der Waals surface area (Å²) in [6.45, 7) is 11.9. The average Bonchev–Trinajstić information content (AvgIpc) is 2.48. The molecule has 0 spiro atoms. The molecule has 0 aromatic rings. The lowest BCUT2D eigenvalue weighted by atomic mass is 10.0. The predicted octanol–water partition coefficient (Wildman–Crippen LogP) is 22.2. The Morgan fingerprint density at radius 3 is 0.716 bits per heavy atom. The van der Waals surface area contributed by atoms with E-state index in [4.69, 9.17) is 37.0 Å². The molecule has 0 aliphatic carbocycles. The highest BCUT2D eigenvalue weighted by molar-refractivity contribution is 7.47. The summed E-state index contributed by atoms with van der Waals surface area (Å²) < 4.78 is 68.5. The first kappa shape index (κ1) is 93.1. The third-order valence-electron chi connectivity index (χ3n) is 17.6. The molecule has 0 amide bonds. The number of rotatable bonds is 74. The second-order valence-corrected chi connectivity index (χ2v) is 31.7. The van der Waals surface area contributed by atoms with Gasteiger partial charge in [-0.25, -0.2) is 9.13 Å². The number of carbonyl (C=O) groups excluding carboxylic acids is 4. The molecule has 0 bridgehead atoms. The van der Waals surface area contributed by atoms with Crippen molar-refractivity contribution in [2.24, 2.45) is 17.8 Å². The average molecular weight is 1400 g/mol. The Bertz CT molecular complexity index is 1850. The molecule has 0 radical (unpaired) electrons. The highest BCUT2D eigenvalue weighted by Gasteiger charge is 2.30. The Kier molecular flexibility index (Phi) is 65.2. The van der Waals surface area contributed by atoms with Crippen LogP contribution in [0.1, 0.15) is 389 Å². The molecule has 0 saturated carbocycles. The molecule has 5 atom stereocenters. The number of hydrogen-bond donors (Lipinski definition) is 3. The van der Waals surface area contributed by atoms with Gasteiger partial charge < -0.3 is 33.8 Å². The molecule has 0 aliphatic rings. The number of esters is 4. The molecule has 0 saturated heterocycles. The van der Waals surface area contributed by atoms with Crippen LogP contribution in [-0.2, 0) is 65.4 Å². The fraction of sp³-hybridized carbons (Fsp3) is 0.947. The van der Waals surface area contributed by atoms with Gasteiger partial charge in [0.2, 0.25) is 0 Å². The Balaban J connectivity index is 5.25. The van der Waals surface area contributed by atoms with Crippen LogP contribution >= 0.6 is 15.6 Å². The number of carbonyl (C=O) groups is 4. The smallest absolute Gasteiger partial charge is 0.462 e. The van der Waals surface area contributed by atoms with Gasteiger partial charge in [-0.1, -0.05) is 337 Å². The van der Waals surface area contributed by atoms with E-state index in [0.717, 1.165) is 108 Å². The van der Waals surface area contributed by atoms with E-state index >= 15 is 0 Å². The Morgan fingerprint density at radius 1 is 0.284 bits per heavy atom. The van der Waals surface area contributed by atoms with Crippen LogP contribution in [0.2, 0.25) is 0 Å². The minimum Gasteiger partial charge on any atom is -0.462 e. The fourth-order valence-electron chi connectivity index (χ4n) is 11.6. The third-order valence-corrected chi connectivity index (χ3v) is 19.5. The third kappa shape index (κ3) is 70.3. The van der Waals surface area contributed by atoms with E-state index in [9.17, 15) is 43.2 Å². The highest BCUT2D eigenvalue weighted by atomic mass is 31.2. The van der Waals surface area contributed by atoms with Crippen LogP contribution in [0.15, 0.2) is 0 Å². The Hall–Kier alpha value is -1.94. The minimum absolute atomic E-state index is 0.107. The first-order valence-corrected chi connectivity index (χ1v) is 42.3. The molecule has 19 heteroatoms. The van der Waals surface area contributed by atoms with E-state index in [0.29, 0.717) is 25.7 Å². The van der Waals surface area contributed by atoms with Crippen molar-refractivity contribution in [3.8, 4) is 0 Å². The lowest BCUT2D eigenvalue weighted by Crippen LogP contribution is -2.30. The van der Waals surface area contributed by atoms with Gasteiger partial charge in [-0.15, -0.1) is 0 Å². The first-order chi connectivity index (χ1) is 45.7. The van der Waals surface area contributed by atoms with Crippen molar-refractivity contribution in [2.45, 2.75) is 407 Å². The summed E-state index contributed by atoms with van der Waals surface area (Å²) in [5, 5.41) is 10.6. The maximum absolute atomic E-state index is 13.1. The molecule has 95 heavy (non-hydrogen) atoms. The van der Waals surface area contributed by atoms with Crippen LogP contribution in [0.4, 0.5) is 0 Å². The summed E-state index contributed by atoms with van der Waals surface area (Å²) in [4.78, 5) is 72.8. The lowest BCUT2D eigenvalue weighted by Gasteiger charge is -2.21. The van der Waals surface area contributed by atoms with Crippen molar-refractivity contribution in [3.63, 3.8) is 0 Å². The van der Waals surface area contributed by atoms with E-state index in [1.54, 1.807) is 0 Å². The fourth-order valence-corrected chi connectivity index (χ4v) is 13.2. The number of aliphatic hydroxyl groups excluding tert-OH is 1. The van der Waals surface area contributed by atoms with E-state index in [1.165, 1.54) is 199 Å². The monoisotopic (exact) mass is 1400 g/mol. The zero-order chi connectivity index (χ0) is 70.1. The predicted molar refractivity (Wildman–Crippen MR) is 386 cm³/mol. The quantitative estimate of drug-likeness (QED) is 0.0222. The maximum Gasteiger partial charge on any atom is 0.472 e. The van der Waals surface area contributed by atoms with Crippen LogP contribution in [0.5, 0.6) is 0 Å². The van der Waals surface area contributed by atoms with Gasteiger partial charge in [0.25, 0.3) is 0 Å². The van der Waals surface area contributed by atoms with Crippen molar-refractivity contribution in [1.82, 2.24) is 0 Å². The molecule has 0 aromatic heterocycles. The van der Waals surface area contributed by atoms with Crippen LogP contribution < -0.4 is 0 Å². The highest BCUT2D eigenvalue weighted by Crippen LogP contribution is 2.45. The summed E-state index contributed by atoms with van der Waals surface area (Å²) in [5.41, 5.74) is 0. The van der Waals surface area contributed by atoms with Crippen LogP contribution in [0.25, 0.3) is 0 Å². The molecule has 17 nitrogen and oxygen atoms in total. The zero-order valence-electron chi connectivity index (χ0n) is 62.1. The maximum atomic E-state index is 13.1. The molecule has 0 heterocycles. The van der Waals surface area contributed by atoms with Crippen LogP contribution in [0, 0.1) is 17.8 Å². The van der Waals surface area contributed by atoms with E-state index in [-0.39, 0.29) is 25.7 Å². The molecule has 0 aliphatic heterocycles. The molecule has 3 N–H and O–H groups in total. The van der Waals surface area contributed by atoms with E-state index < -0.39 is 97.5 Å². The summed E-state index contributed by atoms with van der Waals surface area (Å²) in [7, 11) is -9.91. The van der Waals surface area contributed by atoms with Gasteiger partial charge in [0.05, 0.1) is 26.4 Å². The van der Waals surface area contributed by atoms with Gasteiger partial charge in [0.1, 0.15) is 19.3 Å². The second kappa shape index (κ2) is 66.6. The van der Waals surface area contributed by atoms with Gasteiger partial charge in [-0.3, -0.25) is 37.3 Å². The Morgan fingerprint density at radius 2 is 0.484 bits per heavy atom. The molecular formula is C76H148O17P2. The number of phosphoric acid groups is 2. The largest absolute Gasteiger partial charge is 0.472 e. The first-order valence-electron chi connectivity index (χ1n) is 39.3. The van der Waals surface area contributed by atoms with E-state index in [1.807, 2.05) is 0 Å².